The summed E-state index contributed by atoms with van der Waals surface area (Å²) in [4.78, 5) is 14.1. The van der Waals surface area contributed by atoms with Crippen molar-refractivity contribution in [3.05, 3.63) is 60.2 Å². The second-order valence-electron chi connectivity index (χ2n) is 5.36. The number of nitrogens with zero attached hydrogens (tertiary/aromatic N) is 1. The zero-order chi connectivity index (χ0) is 15.5. The highest BCUT2D eigenvalue weighted by Gasteiger charge is 2.46. The molecule has 2 aromatic rings. The summed E-state index contributed by atoms with van der Waals surface area (Å²) in [5, 5.41) is 0. The average molecular weight is 297 g/mol. The molecule has 2 atom stereocenters. The normalized spacial score (nSPS) is 20.6. The Balaban J connectivity index is 1.62. The first-order valence-electron chi connectivity index (χ1n) is 7.33. The van der Waals surface area contributed by atoms with Gasteiger partial charge in [0.25, 0.3) is 5.91 Å². The van der Waals surface area contributed by atoms with Crippen LogP contribution in [0.15, 0.2) is 54.6 Å². The van der Waals surface area contributed by atoms with E-state index in [0.717, 1.165) is 17.0 Å². The minimum atomic E-state index is -0.373. The van der Waals surface area contributed by atoms with Crippen molar-refractivity contribution in [3.63, 3.8) is 0 Å². The van der Waals surface area contributed by atoms with Crippen LogP contribution in [-0.4, -0.2) is 25.2 Å². The van der Waals surface area contributed by atoms with Gasteiger partial charge >= 0.3 is 0 Å². The third kappa shape index (κ3) is 2.70. The molecule has 1 aliphatic heterocycles. The van der Waals surface area contributed by atoms with Crippen molar-refractivity contribution in [2.24, 2.45) is 0 Å². The topological polar surface area (TPSA) is 38.8 Å². The predicted molar refractivity (Wildman–Crippen MR) is 85.0 cm³/mol. The number of methoxy groups -OCH3 is 1. The lowest BCUT2D eigenvalue weighted by Crippen LogP contribution is -2.64. The Hall–Kier alpha value is -2.33. The second kappa shape index (κ2) is 6.20. The molecule has 0 saturated carbocycles. The van der Waals surface area contributed by atoms with E-state index in [1.165, 1.54) is 0 Å². The van der Waals surface area contributed by atoms with Gasteiger partial charge in [0.1, 0.15) is 5.75 Å². The van der Waals surface area contributed by atoms with Gasteiger partial charge in [0.05, 0.1) is 19.8 Å². The van der Waals surface area contributed by atoms with Crippen molar-refractivity contribution in [3.8, 4) is 5.75 Å². The largest absolute Gasteiger partial charge is 0.497 e. The van der Waals surface area contributed by atoms with Crippen molar-refractivity contribution >= 4 is 11.6 Å². The monoisotopic (exact) mass is 297 g/mol. The Labute approximate surface area is 130 Å². The quantitative estimate of drug-likeness (QED) is 0.796. The molecule has 3 rings (SSSR count). The SMILES string of the molecule is COc1ccc(N2C(=O)[C@@H](OCc3ccccc3)[C@H]2C)cc1. The predicted octanol–water partition coefficient (Wildman–Crippen LogP) is 3.02. The van der Waals surface area contributed by atoms with Crippen molar-refractivity contribution in [2.45, 2.75) is 25.7 Å². The molecule has 1 heterocycles. The van der Waals surface area contributed by atoms with Crippen LogP contribution in [0.4, 0.5) is 5.69 Å². The van der Waals surface area contributed by atoms with Gasteiger partial charge in [-0.15, -0.1) is 0 Å². The third-order valence-corrected chi connectivity index (χ3v) is 3.95. The number of β-lactam (4-membered cyclic amide) rings is 1. The number of amides is 1. The smallest absolute Gasteiger partial charge is 0.258 e. The Morgan fingerprint density at radius 2 is 1.73 bits per heavy atom. The van der Waals surface area contributed by atoms with E-state index in [1.807, 2.05) is 61.5 Å². The van der Waals surface area contributed by atoms with E-state index in [4.69, 9.17) is 9.47 Å². The van der Waals surface area contributed by atoms with Gasteiger partial charge in [0.2, 0.25) is 0 Å². The molecule has 1 amide bonds. The molecule has 0 unspecified atom stereocenters. The summed E-state index contributed by atoms with van der Waals surface area (Å²) >= 11 is 0. The summed E-state index contributed by atoms with van der Waals surface area (Å²) < 4.78 is 10.9. The molecule has 0 aromatic heterocycles. The number of anilines is 1. The molecule has 4 nitrogen and oxygen atoms in total. The molecule has 2 aromatic carbocycles. The summed E-state index contributed by atoms with van der Waals surface area (Å²) in [5.41, 5.74) is 1.95. The van der Waals surface area contributed by atoms with Gasteiger partial charge in [0, 0.05) is 5.69 Å². The molecule has 0 N–H and O–H groups in total. The molecule has 0 radical (unpaired) electrons. The zero-order valence-corrected chi connectivity index (χ0v) is 12.7. The fraction of sp³-hybridized carbons (Fsp3) is 0.278. The lowest BCUT2D eigenvalue weighted by molar-refractivity contribution is -0.142. The fourth-order valence-electron chi connectivity index (χ4n) is 2.67. The van der Waals surface area contributed by atoms with Crippen LogP contribution in [0.2, 0.25) is 0 Å². The van der Waals surface area contributed by atoms with E-state index in [9.17, 15) is 4.79 Å². The van der Waals surface area contributed by atoms with Gasteiger partial charge in [-0.2, -0.15) is 0 Å². The number of hydrogen-bond donors (Lipinski definition) is 0. The van der Waals surface area contributed by atoms with E-state index in [1.54, 1.807) is 12.0 Å². The zero-order valence-electron chi connectivity index (χ0n) is 12.7. The van der Waals surface area contributed by atoms with Crippen LogP contribution in [0.1, 0.15) is 12.5 Å². The summed E-state index contributed by atoms with van der Waals surface area (Å²) in [5.74, 6) is 0.787. The van der Waals surface area contributed by atoms with Crippen molar-refractivity contribution in [2.75, 3.05) is 12.0 Å². The maximum atomic E-state index is 12.3. The van der Waals surface area contributed by atoms with Gasteiger partial charge in [0.15, 0.2) is 6.10 Å². The van der Waals surface area contributed by atoms with Crippen molar-refractivity contribution in [1.82, 2.24) is 0 Å². The molecule has 22 heavy (non-hydrogen) atoms. The van der Waals surface area contributed by atoms with Crippen LogP contribution in [0.3, 0.4) is 0 Å². The first-order chi connectivity index (χ1) is 10.7. The molecule has 1 fully saturated rings. The highest BCUT2D eigenvalue weighted by atomic mass is 16.5. The van der Waals surface area contributed by atoms with Crippen LogP contribution in [-0.2, 0) is 16.1 Å². The fourth-order valence-corrected chi connectivity index (χ4v) is 2.67. The van der Waals surface area contributed by atoms with Crippen LogP contribution < -0.4 is 9.64 Å². The van der Waals surface area contributed by atoms with Gasteiger partial charge < -0.3 is 14.4 Å². The third-order valence-electron chi connectivity index (χ3n) is 3.95. The van der Waals surface area contributed by atoms with Crippen molar-refractivity contribution in [1.29, 1.82) is 0 Å². The van der Waals surface area contributed by atoms with Gasteiger partial charge in [-0.1, -0.05) is 30.3 Å². The minimum absolute atomic E-state index is 0.00796. The Kier molecular flexibility index (Phi) is 4.11. The molecule has 1 saturated heterocycles. The standard InChI is InChI=1S/C18H19NO3/c1-13-17(22-12-14-6-4-3-5-7-14)18(20)19(13)15-8-10-16(21-2)11-9-15/h3-11,13,17H,12H2,1-2H3/t13-,17+/m1/s1. The number of ether oxygens (including phenoxy) is 2. The second-order valence-corrected chi connectivity index (χ2v) is 5.36. The van der Waals surface area contributed by atoms with Crippen LogP contribution in [0.25, 0.3) is 0 Å². The van der Waals surface area contributed by atoms with Crippen LogP contribution in [0, 0.1) is 0 Å². The lowest BCUT2D eigenvalue weighted by atomic mass is 9.98. The molecule has 0 spiro atoms. The number of rotatable bonds is 5. The van der Waals surface area contributed by atoms with Gasteiger partial charge in [-0.05, 0) is 36.8 Å². The van der Waals surface area contributed by atoms with Crippen LogP contribution >= 0.6 is 0 Å². The molecule has 1 aliphatic rings. The Morgan fingerprint density at radius 1 is 1.05 bits per heavy atom. The Morgan fingerprint density at radius 3 is 2.32 bits per heavy atom. The average Bonchev–Trinajstić information content (AvgIpc) is 2.57. The summed E-state index contributed by atoms with van der Waals surface area (Å²) in [7, 11) is 1.62. The number of carbonyl (C=O) groups is 1. The molecule has 4 heteroatoms. The molecule has 114 valence electrons. The lowest BCUT2D eigenvalue weighted by Gasteiger charge is -2.44. The van der Waals surface area contributed by atoms with E-state index < -0.39 is 0 Å². The minimum Gasteiger partial charge on any atom is -0.497 e. The first kappa shape index (κ1) is 14.6. The maximum absolute atomic E-state index is 12.3. The molecular weight excluding hydrogens is 278 g/mol. The first-order valence-corrected chi connectivity index (χ1v) is 7.33. The molecule has 0 aliphatic carbocycles. The summed E-state index contributed by atoms with van der Waals surface area (Å²) in [6, 6.07) is 17.4. The maximum Gasteiger partial charge on any atom is 0.258 e. The van der Waals surface area contributed by atoms with E-state index in [2.05, 4.69) is 0 Å². The molecule has 0 bridgehead atoms. The highest BCUT2D eigenvalue weighted by molar-refractivity contribution is 6.04. The van der Waals surface area contributed by atoms with Crippen LogP contribution in [0.5, 0.6) is 5.75 Å². The van der Waals surface area contributed by atoms with E-state index in [0.29, 0.717) is 6.61 Å². The van der Waals surface area contributed by atoms with E-state index >= 15 is 0 Å². The van der Waals surface area contributed by atoms with Crippen molar-refractivity contribution < 1.29 is 14.3 Å². The van der Waals surface area contributed by atoms with Gasteiger partial charge in [-0.25, -0.2) is 0 Å². The van der Waals surface area contributed by atoms with Gasteiger partial charge in [-0.3, -0.25) is 4.79 Å². The summed E-state index contributed by atoms with van der Waals surface area (Å²) in [6.45, 7) is 2.46. The summed E-state index contributed by atoms with van der Waals surface area (Å²) in [6.07, 6.45) is -0.373. The number of carbonyl (C=O) groups excluding carboxylic acids is 1. The number of benzene rings is 2. The molecular formula is C18H19NO3. The number of hydrogen-bond acceptors (Lipinski definition) is 3. The highest BCUT2D eigenvalue weighted by Crippen LogP contribution is 2.31. The van der Waals surface area contributed by atoms with E-state index in [-0.39, 0.29) is 18.1 Å². The Bertz CT molecular complexity index is 639.